The summed E-state index contributed by atoms with van der Waals surface area (Å²) >= 11 is 3.24. The molecule has 3 N–H and O–H groups in total. The minimum atomic E-state index is -3.71. The highest BCUT2D eigenvalue weighted by Gasteiger charge is 2.17. The lowest BCUT2D eigenvalue weighted by molar-refractivity contribution is 0.601. The third kappa shape index (κ3) is 3.10. The third-order valence-electron chi connectivity index (χ3n) is 2.80. The van der Waals surface area contributed by atoms with Crippen molar-refractivity contribution in [2.24, 2.45) is 0 Å². The van der Waals surface area contributed by atoms with E-state index in [9.17, 15) is 8.42 Å². The van der Waals surface area contributed by atoms with Crippen LogP contribution in [0.4, 0.5) is 11.5 Å². The standard InChI is InChI=1S/C13H14BrN3O2S/c1-2-9-5-6-10(8-12(9)15)20(18,19)17-13-11(14)4-3-7-16-13/h3-8H,2,15H2,1H3,(H,16,17). The van der Waals surface area contributed by atoms with Crippen LogP contribution in [0.2, 0.25) is 0 Å². The molecule has 0 atom stereocenters. The van der Waals surface area contributed by atoms with Crippen LogP contribution >= 0.6 is 15.9 Å². The van der Waals surface area contributed by atoms with Crippen LogP contribution in [-0.2, 0) is 16.4 Å². The molecule has 0 amide bonds. The number of sulfonamides is 1. The van der Waals surface area contributed by atoms with Gasteiger partial charge in [-0.05, 0) is 52.2 Å². The Kier molecular flexibility index (Phi) is 4.29. The molecule has 0 aliphatic heterocycles. The molecule has 5 nitrogen and oxygen atoms in total. The molecule has 106 valence electrons. The Bertz CT molecular complexity index is 732. The van der Waals surface area contributed by atoms with E-state index in [1.54, 1.807) is 18.2 Å². The number of aromatic nitrogens is 1. The van der Waals surface area contributed by atoms with Gasteiger partial charge in [-0.25, -0.2) is 13.4 Å². The van der Waals surface area contributed by atoms with E-state index >= 15 is 0 Å². The summed E-state index contributed by atoms with van der Waals surface area (Å²) in [5.41, 5.74) is 7.22. The molecule has 20 heavy (non-hydrogen) atoms. The fourth-order valence-electron chi connectivity index (χ4n) is 1.71. The number of benzene rings is 1. The van der Waals surface area contributed by atoms with E-state index in [1.165, 1.54) is 18.3 Å². The Morgan fingerprint density at radius 2 is 2.10 bits per heavy atom. The number of nitrogens with one attached hydrogen (secondary N) is 1. The smallest absolute Gasteiger partial charge is 0.263 e. The first-order chi connectivity index (χ1) is 9.44. The molecule has 0 fully saturated rings. The van der Waals surface area contributed by atoms with Crippen molar-refractivity contribution in [1.82, 2.24) is 4.98 Å². The third-order valence-corrected chi connectivity index (χ3v) is 4.77. The van der Waals surface area contributed by atoms with Crippen molar-refractivity contribution in [3.8, 4) is 0 Å². The van der Waals surface area contributed by atoms with Gasteiger partial charge in [0.15, 0.2) is 5.82 Å². The normalized spacial score (nSPS) is 11.3. The van der Waals surface area contributed by atoms with Crippen molar-refractivity contribution in [1.29, 1.82) is 0 Å². The van der Waals surface area contributed by atoms with Crippen LogP contribution in [0.25, 0.3) is 0 Å². The first-order valence-electron chi connectivity index (χ1n) is 5.96. The zero-order valence-corrected chi connectivity index (χ0v) is 13.2. The Labute approximate surface area is 126 Å². The molecule has 2 rings (SSSR count). The lowest BCUT2D eigenvalue weighted by Crippen LogP contribution is -2.14. The van der Waals surface area contributed by atoms with E-state index in [0.717, 1.165) is 12.0 Å². The van der Waals surface area contributed by atoms with Gasteiger partial charge in [0.1, 0.15) is 0 Å². The van der Waals surface area contributed by atoms with Gasteiger partial charge in [-0.15, -0.1) is 0 Å². The number of pyridine rings is 1. The molecule has 1 aromatic heterocycles. The zero-order valence-electron chi connectivity index (χ0n) is 10.8. The number of hydrogen-bond acceptors (Lipinski definition) is 4. The second kappa shape index (κ2) is 5.80. The number of hydrogen-bond donors (Lipinski definition) is 2. The minimum Gasteiger partial charge on any atom is -0.398 e. The molecule has 7 heteroatoms. The van der Waals surface area contributed by atoms with Crippen LogP contribution < -0.4 is 10.5 Å². The van der Waals surface area contributed by atoms with Gasteiger partial charge < -0.3 is 5.73 Å². The van der Waals surface area contributed by atoms with Crippen molar-refractivity contribution >= 4 is 37.5 Å². The Hall–Kier alpha value is -1.60. The summed E-state index contributed by atoms with van der Waals surface area (Å²) < 4.78 is 27.6. The summed E-state index contributed by atoms with van der Waals surface area (Å²) in [5.74, 6) is 0.241. The SMILES string of the molecule is CCc1ccc(S(=O)(=O)Nc2ncccc2Br)cc1N. The lowest BCUT2D eigenvalue weighted by atomic mass is 10.1. The highest BCUT2D eigenvalue weighted by Crippen LogP contribution is 2.24. The Balaban J connectivity index is 2.36. The second-order valence-corrected chi connectivity index (χ2v) is 6.69. The zero-order chi connectivity index (χ0) is 14.8. The number of halogens is 1. The molecule has 1 aromatic carbocycles. The van der Waals surface area contributed by atoms with Crippen molar-refractivity contribution in [3.63, 3.8) is 0 Å². The second-order valence-electron chi connectivity index (χ2n) is 4.15. The molecule has 0 aliphatic rings. The van der Waals surface area contributed by atoms with Crippen molar-refractivity contribution < 1.29 is 8.42 Å². The van der Waals surface area contributed by atoms with Gasteiger partial charge in [0.2, 0.25) is 0 Å². The van der Waals surface area contributed by atoms with Gasteiger partial charge in [0, 0.05) is 11.9 Å². The summed E-state index contributed by atoms with van der Waals surface area (Å²) in [6, 6.07) is 8.12. The number of anilines is 2. The molecule has 0 saturated carbocycles. The first kappa shape index (κ1) is 14.8. The van der Waals surface area contributed by atoms with E-state index < -0.39 is 10.0 Å². The number of rotatable bonds is 4. The van der Waals surface area contributed by atoms with Crippen LogP contribution in [0, 0.1) is 0 Å². The van der Waals surface area contributed by atoms with Crippen LogP contribution in [0.15, 0.2) is 45.9 Å². The molecule has 0 bridgehead atoms. The van der Waals surface area contributed by atoms with Gasteiger partial charge in [0.05, 0.1) is 9.37 Å². The topological polar surface area (TPSA) is 85.1 Å². The van der Waals surface area contributed by atoms with E-state index in [4.69, 9.17) is 5.73 Å². The number of aryl methyl sites for hydroxylation is 1. The van der Waals surface area contributed by atoms with Crippen molar-refractivity contribution in [2.75, 3.05) is 10.5 Å². The molecular formula is C13H14BrN3O2S. The van der Waals surface area contributed by atoms with Gasteiger partial charge in [-0.1, -0.05) is 13.0 Å². The molecule has 2 aromatic rings. The molecule has 0 radical (unpaired) electrons. The first-order valence-corrected chi connectivity index (χ1v) is 8.23. The Morgan fingerprint density at radius 1 is 1.35 bits per heavy atom. The molecule has 0 spiro atoms. The van der Waals surface area contributed by atoms with E-state index in [2.05, 4.69) is 25.6 Å². The van der Waals surface area contributed by atoms with Gasteiger partial charge in [0.25, 0.3) is 10.0 Å². The van der Waals surface area contributed by atoms with Crippen LogP contribution in [0.5, 0.6) is 0 Å². The maximum Gasteiger partial charge on any atom is 0.263 e. The van der Waals surface area contributed by atoms with Gasteiger partial charge in [-0.2, -0.15) is 0 Å². The van der Waals surface area contributed by atoms with Gasteiger partial charge >= 0.3 is 0 Å². The average molecular weight is 356 g/mol. The summed E-state index contributed by atoms with van der Waals surface area (Å²) in [4.78, 5) is 4.09. The lowest BCUT2D eigenvalue weighted by Gasteiger charge is -2.10. The summed E-state index contributed by atoms with van der Waals surface area (Å²) in [7, 11) is -3.71. The number of nitrogen functional groups attached to an aromatic ring is 1. The maximum atomic E-state index is 12.3. The number of nitrogens with zero attached hydrogens (tertiary/aromatic N) is 1. The predicted molar refractivity (Wildman–Crippen MR) is 83.0 cm³/mol. The fourth-order valence-corrected chi connectivity index (χ4v) is 3.26. The minimum absolute atomic E-state index is 0.116. The van der Waals surface area contributed by atoms with Crippen LogP contribution in [-0.4, -0.2) is 13.4 Å². The maximum absolute atomic E-state index is 12.3. The molecule has 1 heterocycles. The van der Waals surface area contributed by atoms with E-state index in [-0.39, 0.29) is 10.7 Å². The number of nitrogens with two attached hydrogens (primary N) is 1. The largest absolute Gasteiger partial charge is 0.398 e. The van der Waals surface area contributed by atoms with Gasteiger partial charge in [-0.3, -0.25) is 4.72 Å². The highest BCUT2D eigenvalue weighted by molar-refractivity contribution is 9.10. The molecule has 0 unspecified atom stereocenters. The molecule has 0 aliphatic carbocycles. The van der Waals surface area contributed by atoms with E-state index in [1.807, 2.05) is 6.92 Å². The summed E-state index contributed by atoms with van der Waals surface area (Å²) in [6.07, 6.45) is 2.27. The highest BCUT2D eigenvalue weighted by atomic mass is 79.9. The Morgan fingerprint density at radius 3 is 2.70 bits per heavy atom. The summed E-state index contributed by atoms with van der Waals surface area (Å²) in [6.45, 7) is 1.96. The van der Waals surface area contributed by atoms with E-state index in [0.29, 0.717) is 10.2 Å². The predicted octanol–water partition coefficient (Wildman–Crippen LogP) is 2.79. The average Bonchev–Trinajstić information content (AvgIpc) is 2.41. The summed E-state index contributed by atoms with van der Waals surface area (Å²) in [5, 5.41) is 0. The van der Waals surface area contributed by atoms with Crippen LogP contribution in [0.1, 0.15) is 12.5 Å². The van der Waals surface area contributed by atoms with Crippen molar-refractivity contribution in [2.45, 2.75) is 18.2 Å². The fraction of sp³-hybridized carbons (Fsp3) is 0.154. The molecular weight excluding hydrogens is 342 g/mol. The monoisotopic (exact) mass is 355 g/mol. The van der Waals surface area contributed by atoms with Crippen molar-refractivity contribution in [3.05, 3.63) is 46.6 Å². The molecule has 0 saturated heterocycles. The quantitative estimate of drug-likeness (QED) is 0.825. The van der Waals surface area contributed by atoms with Crippen LogP contribution in [0.3, 0.4) is 0 Å².